The van der Waals surface area contributed by atoms with Crippen LogP contribution in [0.2, 0.25) is 0 Å². The predicted octanol–water partition coefficient (Wildman–Crippen LogP) is 0.0529. The van der Waals surface area contributed by atoms with Crippen LogP contribution in [-0.4, -0.2) is 37.4 Å². The van der Waals surface area contributed by atoms with Crippen LogP contribution >= 0.6 is 15.9 Å². The second kappa shape index (κ2) is 5.54. The molecule has 0 fully saturated rings. The summed E-state index contributed by atoms with van der Waals surface area (Å²) in [7, 11) is -3.75. The molecule has 1 aromatic rings. The molecule has 0 amide bonds. The molecule has 0 heterocycles. The minimum atomic E-state index is -3.75. The normalized spacial score (nSPS) is 15.3. The quantitative estimate of drug-likeness (QED) is 0.567. The number of nitrogens with one attached hydrogen (secondary N) is 1. The smallest absolute Gasteiger partial charge is 0.240 e. The maximum Gasteiger partial charge on any atom is 0.240 e. The summed E-state index contributed by atoms with van der Waals surface area (Å²) in [4.78, 5) is 0.0253. The minimum absolute atomic E-state index is 0.0253. The van der Waals surface area contributed by atoms with Gasteiger partial charge in [-0.2, -0.15) is 0 Å². The number of hydrogen-bond donors (Lipinski definition) is 4. The highest BCUT2D eigenvalue weighted by atomic mass is 79.9. The Hall–Kier alpha value is -0.670. The van der Waals surface area contributed by atoms with Crippen LogP contribution in [0, 0.1) is 0 Å². The van der Waals surface area contributed by atoms with Crippen molar-refractivity contribution in [3.05, 3.63) is 22.7 Å². The van der Waals surface area contributed by atoms with Gasteiger partial charge >= 0.3 is 0 Å². The average Bonchev–Trinajstić information content (AvgIpc) is 2.30. The van der Waals surface area contributed by atoms with Crippen LogP contribution in [0.5, 0.6) is 0 Å². The monoisotopic (exact) mass is 338 g/mol. The van der Waals surface area contributed by atoms with Crippen LogP contribution in [0.25, 0.3) is 0 Å². The lowest BCUT2D eigenvalue weighted by molar-refractivity contribution is 0.00681. The van der Waals surface area contributed by atoms with Crippen molar-refractivity contribution in [1.82, 2.24) is 4.72 Å². The van der Waals surface area contributed by atoms with Crippen molar-refractivity contribution >= 4 is 31.6 Å². The third kappa shape index (κ3) is 3.92. The average molecular weight is 339 g/mol. The molecule has 0 saturated heterocycles. The van der Waals surface area contributed by atoms with E-state index in [1.807, 2.05) is 0 Å². The molecule has 0 radical (unpaired) electrons. The zero-order valence-electron chi connectivity index (χ0n) is 9.72. The number of halogens is 1. The van der Waals surface area contributed by atoms with Gasteiger partial charge in [0.2, 0.25) is 10.0 Å². The third-order valence-electron chi connectivity index (χ3n) is 2.27. The maximum absolute atomic E-state index is 11.9. The molecule has 0 aliphatic carbocycles. The summed E-state index contributed by atoms with van der Waals surface area (Å²) in [6.45, 7) is 0.503. The van der Waals surface area contributed by atoms with Crippen molar-refractivity contribution in [2.45, 2.75) is 17.4 Å². The number of nitrogen functional groups attached to an aromatic ring is 1. The molecule has 0 bridgehead atoms. The SMILES string of the molecule is CC(O)(CO)CNS(=O)(=O)c1ccc(N)c(Br)c1. The van der Waals surface area contributed by atoms with Gasteiger partial charge in [-0.05, 0) is 41.1 Å². The summed E-state index contributed by atoms with van der Waals surface area (Å²) >= 11 is 3.14. The van der Waals surface area contributed by atoms with Crippen molar-refractivity contribution in [2.24, 2.45) is 0 Å². The molecular formula is C10H15BrN2O4S. The Bertz CT molecular complexity index is 531. The molecule has 5 N–H and O–H groups in total. The van der Waals surface area contributed by atoms with E-state index in [4.69, 9.17) is 10.8 Å². The molecule has 1 atom stereocenters. The molecule has 0 spiro atoms. The molecule has 18 heavy (non-hydrogen) atoms. The topological polar surface area (TPSA) is 113 Å². The molecule has 1 aromatic carbocycles. The van der Waals surface area contributed by atoms with E-state index in [9.17, 15) is 13.5 Å². The second-order valence-electron chi connectivity index (χ2n) is 4.16. The lowest BCUT2D eigenvalue weighted by Crippen LogP contribution is -2.43. The molecular weight excluding hydrogens is 324 g/mol. The third-order valence-corrected chi connectivity index (χ3v) is 4.35. The summed E-state index contributed by atoms with van der Waals surface area (Å²) in [6, 6.07) is 4.18. The fraction of sp³-hybridized carbons (Fsp3) is 0.400. The maximum atomic E-state index is 11.9. The highest BCUT2D eigenvalue weighted by molar-refractivity contribution is 9.10. The lowest BCUT2D eigenvalue weighted by atomic mass is 10.1. The van der Waals surface area contributed by atoms with Gasteiger partial charge in [0.05, 0.1) is 17.1 Å². The summed E-state index contributed by atoms with van der Waals surface area (Å²) in [6.07, 6.45) is 0. The molecule has 0 aliphatic heterocycles. The number of aliphatic hydroxyl groups excluding tert-OH is 1. The number of anilines is 1. The van der Waals surface area contributed by atoms with Crippen molar-refractivity contribution in [3.63, 3.8) is 0 Å². The van der Waals surface area contributed by atoms with Crippen molar-refractivity contribution < 1.29 is 18.6 Å². The number of aliphatic hydroxyl groups is 2. The molecule has 0 aliphatic rings. The summed E-state index contributed by atoms with van der Waals surface area (Å²) in [5, 5.41) is 18.4. The second-order valence-corrected chi connectivity index (χ2v) is 6.78. The lowest BCUT2D eigenvalue weighted by Gasteiger charge is -2.20. The van der Waals surface area contributed by atoms with E-state index in [1.54, 1.807) is 0 Å². The molecule has 0 saturated carbocycles. The number of benzene rings is 1. The number of sulfonamides is 1. The standard InChI is InChI=1S/C10H15BrN2O4S/c1-10(15,6-14)5-13-18(16,17)7-2-3-9(12)8(11)4-7/h2-4,13-15H,5-6,12H2,1H3. The zero-order valence-corrected chi connectivity index (χ0v) is 12.1. The molecule has 8 heteroatoms. The van der Waals surface area contributed by atoms with Crippen LogP contribution in [0.3, 0.4) is 0 Å². The van der Waals surface area contributed by atoms with Crippen LogP contribution in [0.4, 0.5) is 5.69 Å². The van der Waals surface area contributed by atoms with E-state index in [0.717, 1.165) is 0 Å². The van der Waals surface area contributed by atoms with Gasteiger partial charge in [-0.15, -0.1) is 0 Å². The largest absolute Gasteiger partial charge is 0.398 e. The van der Waals surface area contributed by atoms with Gasteiger partial charge in [-0.25, -0.2) is 13.1 Å². The highest BCUT2D eigenvalue weighted by Crippen LogP contribution is 2.23. The fourth-order valence-electron chi connectivity index (χ4n) is 1.06. The number of hydrogen-bond acceptors (Lipinski definition) is 5. The summed E-state index contributed by atoms with van der Waals surface area (Å²) in [5.74, 6) is 0. The number of nitrogens with two attached hydrogens (primary N) is 1. The Balaban J connectivity index is 2.90. The van der Waals surface area contributed by atoms with Gasteiger partial charge in [0.1, 0.15) is 0 Å². The van der Waals surface area contributed by atoms with Crippen LogP contribution in [-0.2, 0) is 10.0 Å². The first kappa shape index (κ1) is 15.4. The summed E-state index contributed by atoms with van der Waals surface area (Å²) < 4.78 is 26.5. The minimum Gasteiger partial charge on any atom is -0.398 e. The zero-order chi connectivity index (χ0) is 14.0. The van der Waals surface area contributed by atoms with Crippen molar-refractivity contribution in [1.29, 1.82) is 0 Å². The fourth-order valence-corrected chi connectivity index (χ4v) is 2.78. The molecule has 6 nitrogen and oxygen atoms in total. The first-order valence-electron chi connectivity index (χ1n) is 5.06. The van der Waals surface area contributed by atoms with Crippen LogP contribution in [0.1, 0.15) is 6.92 Å². The van der Waals surface area contributed by atoms with Gasteiger partial charge in [-0.3, -0.25) is 0 Å². The van der Waals surface area contributed by atoms with Gasteiger partial charge in [-0.1, -0.05) is 0 Å². The number of rotatable bonds is 5. The van der Waals surface area contributed by atoms with Crippen LogP contribution in [0.15, 0.2) is 27.6 Å². The molecule has 1 rings (SSSR count). The summed E-state index contributed by atoms with van der Waals surface area (Å²) in [5.41, 5.74) is 4.49. The van der Waals surface area contributed by atoms with Crippen molar-refractivity contribution in [2.75, 3.05) is 18.9 Å². The Labute approximate surface area is 114 Å². The van der Waals surface area contributed by atoms with E-state index in [1.165, 1.54) is 25.1 Å². The van der Waals surface area contributed by atoms with Crippen molar-refractivity contribution in [3.8, 4) is 0 Å². The van der Waals surface area contributed by atoms with Gasteiger partial charge in [0, 0.05) is 16.7 Å². The van der Waals surface area contributed by atoms with Crippen LogP contribution < -0.4 is 10.5 Å². The Morgan fingerprint density at radius 3 is 2.61 bits per heavy atom. The molecule has 1 unspecified atom stereocenters. The van der Waals surface area contributed by atoms with E-state index in [0.29, 0.717) is 10.2 Å². The van der Waals surface area contributed by atoms with E-state index < -0.39 is 22.2 Å². The van der Waals surface area contributed by atoms with Gasteiger partial charge in [0.15, 0.2) is 0 Å². The Morgan fingerprint density at radius 1 is 1.50 bits per heavy atom. The molecule has 0 aromatic heterocycles. The Kier molecular flexibility index (Phi) is 4.73. The predicted molar refractivity (Wildman–Crippen MR) is 71.5 cm³/mol. The van der Waals surface area contributed by atoms with Gasteiger partial charge in [0.25, 0.3) is 0 Å². The molecule has 102 valence electrons. The van der Waals surface area contributed by atoms with E-state index in [-0.39, 0.29) is 11.4 Å². The Morgan fingerprint density at radius 2 is 2.11 bits per heavy atom. The van der Waals surface area contributed by atoms with Gasteiger partial charge < -0.3 is 15.9 Å². The van der Waals surface area contributed by atoms with E-state index in [2.05, 4.69) is 20.7 Å². The highest BCUT2D eigenvalue weighted by Gasteiger charge is 2.23. The first-order chi connectivity index (χ1) is 8.18. The first-order valence-corrected chi connectivity index (χ1v) is 7.33. The van der Waals surface area contributed by atoms with E-state index >= 15 is 0 Å².